The molecule has 2 saturated heterocycles. The van der Waals surface area contributed by atoms with Crippen molar-refractivity contribution in [3.63, 3.8) is 0 Å². The number of aromatic nitrogens is 3. The van der Waals surface area contributed by atoms with Crippen molar-refractivity contribution in [1.82, 2.24) is 15.0 Å². The SMILES string of the molecule is CCC1CN(c2nccc(C(=N)c3cc4c(C(C)C)ccc(N5CC(C)C5)c4cn3)n2)CCC1O. The molecular formula is C28H36N6O. The molecule has 0 bridgehead atoms. The van der Waals surface area contributed by atoms with Gasteiger partial charge in [-0.15, -0.1) is 0 Å². The molecule has 2 aromatic heterocycles. The van der Waals surface area contributed by atoms with Crippen molar-refractivity contribution in [2.24, 2.45) is 11.8 Å². The van der Waals surface area contributed by atoms with Crippen LogP contribution in [0.3, 0.4) is 0 Å². The van der Waals surface area contributed by atoms with E-state index in [-0.39, 0.29) is 12.0 Å². The fourth-order valence-electron chi connectivity index (χ4n) is 5.43. The van der Waals surface area contributed by atoms with Crippen LogP contribution < -0.4 is 9.80 Å². The highest BCUT2D eigenvalue weighted by Gasteiger charge is 2.28. The lowest BCUT2D eigenvalue weighted by Gasteiger charge is -2.40. The van der Waals surface area contributed by atoms with Crippen molar-refractivity contribution in [1.29, 1.82) is 5.41 Å². The van der Waals surface area contributed by atoms with E-state index in [0.29, 0.717) is 35.4 Å². The first-order valence-corrected chi connectivity index (χ1v) is 12.9. The third-order valence-corrected chi connectivity index (χ3v) is 7.59. The van der Waals surface area contributed by atoms with Crippen LogP contribution in [-0.2, 0) is 0 Å². The first-order valence-electron chi connectivity index (χ1n) is 12.9. The summed E-state index contributed by atoms with van der Waals surface area (Å²) < 4.78 is 0. The molecule has 5 rings (SSSR count). The van der Waals surface area contributed by atoms with E-state index in [1.54, 1.807) is 12.3 Å². The minimum atomic E-state index is -0.265. The van der Waals surface area contributed by atoms with Crippen molar-refractivity contribution in [2.75, 3.05) is 36.0 Å². The van der Waals surface area contributed by atoms with Crippen LogP contribution in [0.25, 0.3) is 10.8 Å². The van der Waals surface area contributed by atoms with Gasteiger partial charge in [-0.25, -0.2) is 9.97 Å². The van der Waals surface area contributed by atoms with E-state index in [9.17, 15) is 5.11 Å². The Kier molecular flexibility index (Phi) is 6.45. The number of rotatable bonds is 6. The summed E-state index contributed by atoms with van der Waals surface area (Å²) in [6.45, 7) is 12.4. The lowest BCUT2D eigenvalue weighted by Crippen LogP contribution is -2.45. The number of aliphatic hydroxyl groups is 1. The van der Waals surface area contributed by atoms with E-state index in [2.05, 4.69) is 60.7 Å². The van der Waals surface area contributed by atoms with Gasteiger partial charge in [0.05, 0.1) is 17.5 Å². The van der Waals surface area contributed by atoms with Gasteiger partial charge in [0.2, 0.25) is 5.95 Å². The topological polar surface area (TPSA) is 89.2 Å². The van der Waals surface area contributed by atoms with Gasteiger partial charge in [-0.3, -0.25) is 10.4 Å². The summed E-state index contributed by atoms with van der Waals surface area (Å²) in [5.41, 5.74) is 4.00. The minimum Gasteiger partial charge on any atom is -0.393 e. The van der Waals surface area contributed by atoms with Gasteiger partial charge in [-0.2, -0.15) is 0 Å². The average Bonchev–Trinajstić information content (AvgIpc) is 2.85. The van der Waals surface area contributed by atoms with Crippen LogP contribution in [0.15, 0.2) is 36.7 Å². The number of hydrogen-bond acceptors (Lipinski definition) is 7. The Morgan fingerprint density at radius 3 is 2.60 bits per heavy atom. The first-order chi connectivity index (χ1) is 16.9. The molecule has 0 saturated carbocycles. The fraction of sp³-hybridized carbons (Fsp3) is 0.500. The number of hydrogen-bond donors (Lipinski definition) is 2. The number of anilines is 2. The van der Waals surface area contributed by atoms with E-state index in [0.717, 1.165) is 49.3 Å². The largest absolute Gasteiger partial charge is 0.393 e. The van der Waals surface area contributed by atoms with Crippen molar-refractivity contribution < 1.29 is 5.11 Å². The second-order valence-corrected chi connectivity index (χ2v) is 10.5. The number of nitrogens with zero attached hydrogens (tertiary/aromatic N) is 5. The number of nitrogens with one attached hydrogen (secondary N) is 1. The molecule has 7 nitrogen and oxygen atoms in total. The van der Waals surface area contributed by atoms with Crippen molar-refractivity contribution in [2.45, 2.75) is 52.6 Å². The third kappa shape index (κ3) is 4.49. The lowest BCUT2D eigenvalue weighted by molar-refractivity contribution is 0.0856. The highest BCUT2D eigenvalue weighted by molar-refractivity contribution is 6.10. The zero-order valence-electron chi connectivity index (χ0n) is 21.2. The second-order valence-electron chi connectivity index (χ2n) is 10.5. The van der Waals surface area contributed by atoms with Gasteiger partial charge in [0.15, 0.2) is 0 Å². The molecule has 2 aliphatic heterocycles. The first kappa shape index (κ1) is 23.7. The number of piperidine rings is 1. The van der Waals surface area contributed by atoms with E-state index in [4.69, 9.17) is 15.4 Å². The fourth-order valence-corrected chi connectivity index (χ4v) is 5.43. The van der Waals surface area contributed by atoms with Crippen LogP contribution in [0.5, 0.6) is 0 Å². The smallest absolute Gasteiger partial charge is 0.225 e. The summed E-state index contributed by atoms with van der Waals surface area (Å²) in [6, 6.07) is 8.31. The maximum Gasteiger partial charge on any atom is 0.225 e. The number of benzene rings is 1. The normalized spacial score (nSPS) is 21.0. The average molecular weight is 473 g/mol. The third-order valence-electron chi connectivity index (χ3n) is 7.59. The molecule has 1 aromatic carbocycles. The van der Waals surface area contributed by atoms with Gasteiger partial charge in [0.25, 0.3) is 0 Å². The van der Waals surface area contributed by atoms with E-state index < -0.39 is 0 Å². The molecule has 2 N–H and O–H groups in total. The summed E-state index contributed by atoms with van der Waals surface area (Å²) in [6.07, 6.45) is 5.03. The van der Waals surface area contributed by atoms with Gasteiger partial charge in [0, 0.05) is 55.6 Å². The highest BCUT2D eigenvalue weighted by Crippen LogP contribution is 2.36. The summed E-state index contributed by atoms with van der Waals surface area (Å²) in [4.78, 5) is 18.5. The zero-order valence-corrected chi connectivity index (χ0v) is 21.2. The molecule has 7 heteroatoms. The van der Waals surface area contributed by atoms with Crippen LogP contribution in [-0.4, -0.2) is 58.1 Å². The number of aliphatic hydroxyl groups excluding tert-OH is 1. The molecule has 2 fully saturated rings. The Morgan fingerprint density at radius 1 is 1.09 bits per heavy atom. The predicted molar refractivity (Wildman–Crippen MR) is 142 cm³/mol. The summed E-state index contributed by atoms with van der Waals surface area (Å²) in [5.74, 6) is 1.93. The summed E-state index contributed by atoms with van der Waals surface area (Å²) in [5, 5.41) is 21.5. The minimum absolute atomic E-state index is 0.218. The quantitative estimate of drug-likeness (QED) is 0.509. The molecule has 2 unspecified atom stereocenters. The Hall–Kier alpha value is -3.06. The predicted octanol–water partition coefficient (Wildman–Crippen LogP) is 4.62. The van der Waals surface area contributed by atoms with Crippen molar-refractivity contribution in [3.05, 3.63) is 53.6 Å². The Bertz CT molecular complexity index is 1240. The summed E-state index contributed by atoms with van der Waals surface area (Å²) in [7, 11) is 0. The van der Waals surface area contributed by atoms with Crippen LogP contribution in [0.1, 0.15) is 63.4 Å². The molecule has 35 heavy (non-hydrogen) atoms. The van der Waals surface area contributed by atoms with Gasteiger partial charge in [0.1, 0.15) is 5.71 Å². The van der Waals surface area contributed by atoms with Gasteiger partial charge in [-0.05, 0) is 53.8 Å². The molecule has 0 radical (unpaired) electrons. The van der Waals surface area contributed by atoms with E-state index in [1.165, 1.54) is 11.3 Å². The monoisotopic (exact) mass is 472 g/mol. The molecule has 0 amide bonds. The Balaban J connectivity index is 1.47. The molecule has 4 heterocycles. The Labute approximate surface area is 207 Å². The van der Waals surface area contributed by atoms with E-state index in [1.807, 2.05) is 6.20 Å². The van der Waals surface area contributed by atoms with Crippen molar-refractivity contribution >= 4 is 28.1 Å². The summed E-state index contributed by atoms with van der Waals surface area (Å²) >= 11 is 0. The zero-order chi connectivity index (χ0) is 24.7. The maximum absolute atomic E-state index is 10.2. The highest BCUT2D eigenvalue weighted by atomic mass is 16.3. The van der Waals surface area contributed by atoms with Gasteiger partial charge in [-0.1, -0.05) is 33.8 Å². The number of pyridine rings is 1. The molecule has 3 aromatic rings. The van der Waals surface area contributed by atoms with Gasteiger partial charge >= 0.3 is 0 Å². The number of fused-ring (bicyclic) bond motifs is 1. The van der Waals surface area contributed by atoms with Crippen LogP contribution >= 0.6 is 0 Å². The van der Waals surface area contributed by atoms with Crippen LogP contribution in [0.4, 0.5) is 11.6 Å². The standard InChI is InChI=1S/C28H36N6O/c1-5-19-16-33(11-9-26(19)35)28-30-10-8-23(32-28)27(29)24-12-21-20(17(2)3)6-7-25(22(21)13-31-24)34-14-18(4)15-34/h6-8,10,12-13,17-19,26,29,35H,5,9,11,14-16H2,1-4H3. The van der Waals surface area contributed by atoms with Crippen LogP contribution in [0.2, 0.25) is 0 Å². The van der Waals surface area contributed by atoms with E-state index >= 15 is 0 Å². The van der Waals surface area contributed by atoms with Crippen molar-refractivity contribution in [3.8, 4) is 0 Å². The maximum atomic E-state index is 10.2. The molecule has 0 aliphatic carbocycles. The molecule has 2 atom stereocenters. The lowest BCUT2D eigenvalue weighted by atomic mass is 9.92. The molecular weight excluding hydrogens is 436 g/mol. The second kappa shape index (κ2) is 9.53. The molecule has 2 aliphatic rings. The van der Waals surface area contributed by atoms with Crippen LogP contribution in [0, 0.1) is 17.2 Å². The Morgan fingerprint density at radius 2 is 1.89 bits per heavy atom. The van der Waals surface area contributed by atoms with Gasteiger partial charge < -0.3 is 14.9 Å². The molecule has 184 valence electrons. The molecule has 0 spiro atoms.